The van der Waals surface area contributed by atoms with E-state index in [1.165, 1.54) is 12.1 Å². The summed E-state index contributed by atoms with van der Waals surface area (Å²) in [6, 6.07) is 6.47. The molecule has 1 rings (SSSR count). The van der Waals surface area contributed by atoms with E-state index in [0.29, 0.717) is 24.1 Å². The molecule has 0 bridgehead atoms. The summed E-state index contributed by atoms with van der Waals surface area (Å²) in [4.78, 5) is 0. The Labute approximate surface area is 103 Å². The summed E-state index contributed by atoms with van der Waals surface area (Å²) in [5.41, 5.74) is 0.620. The smallest absolute Gasteiger partial charge is 0.123 e. The molecular formula is C14H22FNO. The highest BCUT2D eigenvalue weighted by molar-refractivity contribution is 5.18. The van der Waals surface area contributed by atoms with Crippen LogP contribution in [-0.4, -0.2) is 17.7 Å². The first-order chi connectivity index (χ1) is 7.99. The van der Waals surface area contributed by atoms with Crippen LogP contribution in [0.25, 0.3) is 0 Å². The standard InChI is InChI=1S/C14H22FNO/c1-10(2)7-11(3)16-9-14(17)12-5-4-6-13(15)8-12/h4-6,8,10-11,14,16-17H,7,9H2,1-3H3. The fourth-order valence-corrected chi connectivity index (χ4v) is 1.93. The maximum absolute atomic E-state index is 13.0. The van der Waals surface area contributed by atoms with Gasteiger partial charge in [-0.1, -0.05) is 26.0 Å². The van der Waals surface area contributed by atoms with Gasteiger partial charge in [0.2, 0.25) is 0 Å². The van der Waals surface area contributed by atoms with Gasteiger partial charge in [0.15, 0.2) is 0 Å². The van der Waals surface area contributed by atoms with Crippen LogP contribution in [0, 0.1) is 11.7 Å². The van der Waals surface area contributed by atoms with Crippen LogP contribution in [0.4, 0.5) is 4.39 Å². The zero-order valence-corrected chi connectivity index (χ0v) is 10.8. The summed E-state index contributed by atoms with van der Waals surface area (Å²) >= 11 is 0. The van der Waals surface area contributed by atoms with Crippen molar-refractivity contribution in [1.29, 1.82) is 0 Å². The van der Waals surface area contributed by atoms with Crippen molar-refractivity contribution in [1.82, 2.24) is 5.32 Å². The first-order valence-corrected chi connectivity index (χ1v) is 6.16. The second kappa shape index (κ2) is 6.72. The zero-order valence-electron chi connectivity index (χ0n) is 10.8. The summed E-state index contributed by atoms with van der Waals surface area (Å²) in [6.07, 6.45) is 0.413. The summed E-state index contributed by atoms with van der Waals surface area (Å²) in [7, 11) is 0. The van der Waals surface area contributed by atoms with E-state index < -0.39 is 6.10 Å². The van der Waals surface area contributed by atoms with E-state index in [4.69, 9.17) is 0 Å². The maximum Gasteiger partial charge on any atom is 0.123 e. The molecule has 0 aromatic heterocycles. The molecule has 3 heteroatoms. The third-order valence-electron chi connectivity index (χ3n) is 2.72. The molecule has 2 atom stereocenters. The Morgan fingerprint density at radius 3 is 2.59 bits per heavy atom. The fourth-order valence-electron chi connectivity index (χ4n) is 1.93. The SMILES string of the molecule is CC(C)CC(C)NCC(O)c1cccc(F)c1. The van der Waals surface area contributed by atoms with Crippen molar-refractivity contribution in [3.8, 4) is 0 Å². The normalized spacial score (nSPS) is 14.9. The molecule has 0 amide bonds. The Balaban J connectivity index is 2.42. The van der Waals surface area contributed by atoms with Gasteiger partial charge in [-0.3, -0.25) is 0 Å². The second-order valence-corrected chi connectivity index (χ2v) is 5.01. The first kappa shape index (κ1) is 14.1. The summed E-state index contributed by atoms with van der Waals surface area (Å²) in [5.74, 6) is 0.320. The fraction of sp³-hybridized carbons (Fsp3) is 0.571. The van der Waals surface area contributed by atoms with Gasteiger partial charge in [0.25, 0.3) is 0 Å². The van der Waals surface area contributed by atoms with Crippen LogP contribution in [0.1, 0.15) is 38.9 Å². The van der Waals surface area contributed by atoms with E-state index in [-0.39, 0.29) is 5.82 Å². The van der Waals surface area contributed by atoms with Crippen LogP contribution in [0.15, 0.2) is 24.3 Å². The number of halogens is 1. The van der Waals surface area contributed by atoms with Crippen LogP contribution < -0.4 is 5.32 Å². The Bertz CT molecular complexity index is 341. The Kier molecular flexibility index (Phi) is 5.59. The van der Waals surface area contributed by atoms with Gasteiger partial charge in [-0.25, -0.2) is 4.39 Å². The van der Waals surface area contributed by atoms with E-state index in [1.54, 1.807) is 12.1 Å². The molecule has 2 unspecified atom stereocenters. The predicted octanol–water partition coefficient (Wildman–Crippen LogP) is 2.88. The lowest BCUT2D eigenvalue weighted by atomic mass is 10.0. The molecule has 2 nitrogen and oxygen atoms in total. The summed E-state index contributed by atoms with van der Waals surface area (Å²) < 4.78 is 13.0. The summed E-state index contributed by atoms with van der Waals surface area (Å²) in [5, 5.41) is 13.2. The number of aliphatic hydroxyl groups is 1. The lowest BCUT2D eigenvalue weighted by Gasteiger charge is -2.18. The van der Waals surface area contributed by atoms with E-state index in [9.17, 15) is 9.50 Å². The van der Waals surface area contributed by atoms with Gasteiger partial charge >= 0.3 is 0 Å². The van der Waals surface area contributed by atoms with Gasteiger partial charge in [0.05, 0.1) is 6.10 Å². The molecule has 1 aromatic rings. The van der Waals surface area contributed by atoms with E-state index in [1.807, 2.05) is 0 Å². The van der Waals surface area contributed by atoms with Gasteiger partial charge in [-0.15, -0.1) is 0 Å². The largest absolute Gasteiger partial charge is 0.387 e. The second-order valence-electron chi connectivity index (χ2n) is 5.01. The first-order valence-electron chi connectivity index (χ1n) is 6.16. The molecule has 0 aliphatic carbocycles. The predicted molar refractivity (Wildman–Crippen MR) is 68.3 cm³/mol. The molecule has 0 saturated heterocycles. The number of aliphatic hydroxyl groups excluding tert-OH is 1. The minimum atomic E-state index is -0.652. The highest BCUT2D eigenvalue weighted by Gasteiger charge is 2.10. The number of nitrogens with one attached hydrogen (secondary N) is 1. The molecule has 0 heterocycles. The van der Waals surface area contributed by atoms with Crippen LogP contribution >= 0.6 is 0 Å². The van der Waals surface area contributed by atoms with E-state index in [2.05, 4.69) is 26.1 Å². The molecule has 0 aliphatic heterocycles. The molecule has 0 saturated carbocycles. The van der Waals surface area contributed by atoms with Gasteiger partial charge in [0, 0.05) is 12.6 Å². The van der Waals surface area contributed by atoms with Crippen molar-refractivity contribution < 1.29 is 9.50 Å². The summed E-state index contributed by atoms with van der Waals surface area (Å²) in [6.45, 7) is 6.89. The monoisotopic (exact) mass is 239 g/mol. The highest BCUT2D eigenvalue weighted by Crippen LogP contribution is 2.13. The van der Waals surface area contributed by atoms with E-state index in [0.717, 1.165) is 6.42 Å². The Morgan fingerprint density at radius 1 is 1.29 bits per heavy atom. The molecule has 0 fully saturated rings. The molecular weight excluding hydrogens is 217 g/mol. The minimum Gasteiger partial charge on any atom is -0.387 e. The molecule has 96 valence electrons. The average Bonchev–Trinajstić information content (AvgIpc) is 2.25. The van der Waals surface area contributed by atoms with Crippen molar-refractivity contribution >= 4 is 0 Å². The van der Waals surface area contributed by atoms with Gasteiger partial charge in [0.1, 0.15) is 5.82 Å². The minimum absolute atomic E-state index is 0.309. The van der Waals surface area contributed by atoms with Gasteiger partial charge in [-0.2, -0.15) is 0 Å². The number of rotatable bonds is 6. The van der Waals surface area contributed by atoms with E-state index >= 15 is 0 Å². The van der Waals surface area contributed by atoms with Crippen LogP contribution in [0.3, 0.4) is 0 Å². The molecule has 2 N–H and O–H groups in total. The topological polar surface area (TPSA) is 32.3 Å². The maximum atomic E-state index is 13.0. The molecule has 0 spiro atoms. The third kappa shape index (κ3) is 5.29. The third-order valence-corrected chi connectivity index (χ3v) is 2.72. The highest BCUT2D eigenvalue weighted by atomic mass is 19.1. The molecule has 17 heavy (non-hydrogen) atoms. The van der Waals surface area contributed by atoms with Gasteiger partial charge in [-0.05, 0) is 37.0 Å². The Morgan fingerprint density at radius 2 is 2.00 bits per heavy atom. The van der Waals surface area contributed by atoms with Crippen molar-refractivity contribution in [2.45, 2.75) is 39.3 Å². The van der Waals surface area contributed by atoms with Crippen LogP contribution in [0.5, 0.6) is 0 Å². The lowest BCUT2D eigenvalue weighted by molar-refractivity contribution is 0.168. The number of hydrogen-bond acceptors (Lipinski definition) is 2. The molecule has 0 radical (unpaired) electrons. The van der Waals surface area contributed by atoms with Crippen LogP contribution in [-0.2, 0) is 0 Å². The number of hydrogen-bond donors (Lipinski definition) is 2. The van der Waals surface area contributed by atoms with Crippen molar-refractivity contribution in [3.63, 3.8) is 0 Å². The number of benzene rings is 1. The molecule has 1 aromatic carbocycles. The average molecular weight is 239 g/mol. The Hall–Kier alpha value is -0.930. The zero-order chi connectivity index (χ0) is 12.8. The van der Waals surface area contributed by atoms with Crippen molar-refractivity contribution in [2.75, 3.05) is 6.54 Å². The lowest BCUT2D eigenvalue weighted by Crippen LogP contribution is -2.31. The van der Waals surface area contributed by atoms with Gasteiger partial charge < -0.3 is 10.4 Å². The van der Waals surface area contributed by atoms with Crippen LogP contribution in [0.2, 0.25) is 0 Å². The quantitative estimate of drug-likeness (QED) is 0.800. The van der Waals surface area contributed by atoms with Crippen molar-refractivity contribution in [3.05, 3.63) is 35.6 Å². The van der Waals surface area contributed by atoms with Crippen molar-refractivity contribution in [2.24, 2.45) is 5.92 Å². The molecule has 0 aliphatic rings.